The number of carbonyl (C=O) groups is 1. The van der Waals surface area contributed by atoms with Gasteiger partial charge in [-0.3, -0.25) is 0 Å². The molecule has 3 rings (SSSR count). The summed E-state index contributed by atoms with van der Waals surface area (Å²) in [5.41, 5.74) is 0.376. The maximum absolute atomic E-state index is 11.2. The molecule has 3 aliphatic rings. The van der Waals surface area contributed by atoms with Crippen molar-refractivity contribution >= 4 is 6.29 Å². The largest absolute Gasteiger partial charge is 0.303 e. The van der Waals surface area contributed by atoms with Gasteiger partial charge in [0.15, 0.2) is 0 Å². The summed E-state index contributed by atoms with van der Waals surface area (Å²) in [4.78, 5) is 11.2. The molecule has 1 nitrogen and oxygen atoms in total. The molecule has 76 valence electrons. The minimum atomic E-state index is 0.326. The Hall–Kier alpha value is -0.590. The van der Waals surface area contributed by atoms with Gasteiger partial charge in [-0.2, -0.15) is 0 Å². The van der Waals surface area contributed by atoms with Crippen LogP contribution >= 0.6 is 0 Å². The number of aldehydes is 1. The van der Waals surface area contributed by atoms with Gasteiger partial charge in [0.1, 0.15) is 6.29 Å². The SMILES string of the molecule is C[C@H]1CC[C@@H]2[C@H]1[C@@H](C=O)[C@H]1C=C[C@]12C. The highest BCUT2D eigenvalue weighted by atomic mass is 16.1. The maximum atomic E-state index is 11.2. The highest BCUT2D eigenvalue weighted by Crippen LogP contribution is 2.66. The van der Waals surface area contributed by atoms with E-state index in [2.05, 4.69) is 26.0 Å². The molecule has 14 heavy (non-hydrogen) atoms. The molecule has 0 aliphatic heterocycles. The number of allylic oxidation sites excluding steroid dienone is 2. The van der Waals surface area contributed by atoms with E-state index in [1.807, 2.05) is 0 Å². The van der Waals surface area contributed by atoms with E-state index in [4.69, 9.17) is 0 Å². The fourth-order valence-electron chi connectivity index (χ4n) is 4.44. The van der Waals surface area contributed by atoms with Crippen LogP contribution in [0.1, 0.15) is 26.7 Å². The molecule has 0 bridgehead atoms. The van der Waals surface area contributed by atoms with Gasteiger partial charge in [0.2, 0.25) is 0 Å². The van der Waals surface area contributed by atoms with E-state index in [1.165, 1.54) is 19.1 Å². The molecule has 0 aromatic carbocycles. The molecule has 6 atom stereocenters. The molecule has 1 heteroatoms. The Bertz CT molecular complexity index is 306. The lowest BCUT2D eigenvalue weighted by Crippen LogP contribution is -2.33. The average Bonchev–Trinajstić information content (AvgIpc) is 2.59. The summed E-state index contributed by atoms with van der Waals surface area (Å²) in [5, 5.41) is 0. The summed E-state index contributed by atoms with van der Waals surface area (Å²) in [6.07, 6.45) is 8.53. The third kappa shape index (κ3) is 0.757. The van der Waals surface area contributed by atoms with E-state index < -0.39 is 0 Å². The first-order valence-corrected chi connectivity index (χ1v) is 5.83. The molecule has 0 unspecified atom stereocenters. The predicted octanol–water partition coefficient (Wildman–Crippen LogP) is 2.67. The molecule has 2 fully saturated rings. The molecule has 0 aromatic heterocycles. The van der Waals surface area contributed by atoms with Gasteiger partial charge in [0.05, 0.1) is 0 Å². The number of hydrogen-bond acceptors (Lipinski definition) is 1. The second-order valence-corrected chi connectivity index (χ2v) is 5.70. The lowest BCUT2D eigenvalue weighted by molar-refractivity contribution is -0.113. The Morgan fingerprint density at radius 3 is 2.79 bits per heavy atom. The Kier molecular flexibility index (Phi) is 1.55. The second kappa shape index (κ2) is 2.50. The zero-order chi connectivity index (χ0) is 9.92. The lowest BCUT2D eigenvalue weighted by Gasteiger charge is -2.39. The summed E-state index contributed by atoms with van der Waals surface area (Å²) in [6, 6.07) is 0. The fraction of sp³-hybridized carbons (Fsp3) is 0.769. The summed E-state index contributed by atoms with van der Waals surface area (Å²) < 4.78 is 0. The van der Waals surface area contributed by atoms with Gasteiger partial charge >= 0.3 is 0 Å². The van der Waals surface area contributed by atoms with Crippen LogP contribution < -0.4 is 0 Å². The Labute approximate surface area is 85.6 Å². The smallest absolute Gasteiger partial charge is 0.123 e. The predicted molar refractivity (Wildman–Crippen MR) is 55.7 cm³/mol. The van der Waals surface area contributed by atoms with Crippen molar-refractivity contribution in [2.45, 2.75) is 26.7 Å². The molecular formula is C13H18O. The van der Waals surface area contributed by atoms with Gasteiger partial charge in [-0.25, -0.2) is 0 Å². The minimum absolute atomic E-state index is 0.326. The third-order valence-electron chi connectivity index (χ3n) is 5.25. The molecule has 0 aromatic rings. The highest BCUT2D eigenvalue weighted by molar-refractivity contribution is 5.59. The van der Waals surface area contributed by atoms with Crippen molar-refractivity contribution in [2.24, 2.45) is 35.0 Å². The van der Waals surface area contributed by atoms with E-state index in [-0.39, 0.29) is 0 Å². The zero-order valence-electron chi connectivity index (χ0n) is 8.94. The van der Waals surface area contributed by atoms with Crippen molar-refractivity contribution in [2.75, 3.05) is 0 Å². The van der Waals surface area contributed by atoms with Crippen molar-refractivity contribution in [3.05, 3.63) is 12.2 Å². The number of fused-ring (bicyclic) bond motifs is 3. The number of hydrogen-bond donors (Lipinski definition) is 0. The van der Waals surface area contributed by atoms with Crippen LogP contribution in [0.5, 0.6) is 0 Å². The quantitative estimate of drug-likeness (QED) is 0.459. The monoisotopic (exact) mass is 190 g/mol. The van der Waals surface area contributed by atoms with E-state index in [9.17, 15) is 4.79 Å². The maximum Gasteiger partial charge on any atom is 0.123 e. The minimum Gasteiger partial charge on any atom is -0.303 e. The zero-order valence-corrected chi connectivity index (χ0v) is 8.94. The highest BCUT2D eigenvalue weighted by Gasteiger charge is 2.61. The van der Waals surface area contributed by atoms with Gasteiger partial charge < -0.3 is 4.79 Å². The van der Waals surface area contributed by atoms with Crippen LogP contribution in [0.3, 0.4) is 0 Å². The van der Waals surface area contributed by atoms with Crippen LogP contribution in [0.25, 0.3) is 0 Å². The fourth-order valence-corrected chi connectivity index (χ4v) is 4.44. The lowest BCUT2D eigenvalue weighted by atomic mass is 9.64. The molecule has 0 amide bonds. The van der Waals surface area contributed by atoms with E-state index in [0.29, 0.717) is 23.2 Å². The molecule has 0 N–H and O–H groups in total. The van der Waals surface area contributed by atoms with Gasteiger partial charge in [-0.05, 0) is 35.5 Å². The Balaban J connectivity index is 2.02. The molecule has 0 radical (unpaired) electrons. The van der Waals surface area contributed by atoms with Crippen LogP contribution in [0.4, 0.5) is 0 Å². The summed E-state index contributed by atoms with van der Waals surface area (Å²) in [5.74, 6) is 3.13. The van der Waals surface area contributed by atoms with E-state index >= 15 is 0 Å². The van der Waals surface area contributed by atoms with Crippen LogP contribution in [0, 0.1) is 35.0 Å². The molecular weight excluding hydrogens is 172 g/mol. The molecule has 0 saturated heterocycles. The van der Waals surface area contributed by atoms with Crippen LogP contribution in [0.2, 0.25) is 0 Å². The standard InChI is InChI=1S/C13H18O/c1-8-3-4-11-12(8)9(7-14)10-5-6-13(10,11)2/h5-12H,3-4H2,1-2H3/t8-,9-,10+,11+,12+,13+/m0/s1. The van der Waals surface area contributed by atoms with Crippen molar-refractivity contribution in [3.63, 3.8) is 0 Å². The van der Waals surface area contributed by atoms with E-state index in [0.717, 1.165) is 11.8 Å². The summed E-state index contributed by atoms with van der Waals surface area (Å²) in [6.45, 7) is 4.69. The van der Waals surface area contributed by atoms with Crippen LogP contribution in [-0.4, -0.2) is 6.29 Å². The topological polar surface area (TPSA) is 17.1 Å². The normalized spacial score (nSPS) is 59.1. The molecule has 3 aliphatic carbocycles. The number of rotatable bonds is 1. The molecule has 0 heterocycles. The van der Waals surface area contributed by atoms with Crippen LogP contribution in [0.15, 0.2) is 12.2 Å². The van der Waals surface area contributed by atoms with Crippen molar-refractivity contribution in [3.8, 4) is 0 Å². The van der Waals surface area contributed by atoms with Crippen molar-refractivity contribution in [1.82, 2.24) is 0 Å². The second-order valence-electron chi connectivity index (χ2n) is 5.70. The summed E-state index contributed by atoms with van der Waals surface area (Å²) >= 11 is 0. The Morgan fingerprint density at radius 2 is 2.21 bits per heavy atom. The van der Waals surface area contributed by atoms with Crippen LogP contribution in [-0.2, 0) is 4.79 Å². The first kappa shape index (κ1) is 8.70. The number of carbonyl (C=O) groups excluding carboxylic acids is 1. The van der Waals surface area contributed by atoms with Gasteiger partial charge in [-0.1, -0.05) is 32.4 Å². The summed E-state index contributed by atoms with van der Waals surface area (Å²) in [7, 11) is 0. The molecule has 2 saturated carbocycles. The first-order valence-electron chi connectivity index (χ1n) is 5.83. The molecule has 0 spiro atoms. The Morgan fingerprint density at radius 1 is 1.43 bits per heavy atom. The average molecular weight is 190 g/mol. The van der Waals surface area contributed by atoms with Gasteiger partial charge in [-0.15, -0.1) is 0 Å². The van der Waals surface area contributed by atoms with Crippen molar-refractivity contribution < 1.29 is 4.79 Å². The van der Waals surface area contributed by atoms with Gasteiger partial charge in [0.25, 0.3) is 0 Å². The van der Waals surface area contributed by atoms with E-state index in [1.54, 1.807) is 0 Å². The van der Waals surface area contributed by atoms with Crippen molar-refractivity contribution in [1.29, 1.82) is 0 Å². The first-order chi connectivity index (χ1) is 6.68. The van der Waals surface area contributed by atoms with Gasteiger partial charge in [0, 0.05) is 5.92 Å². The third-order valence-corrected chi connectivity index (χ3v) is 5.25.